The van der Waals surface area contributed by atoms with Crippen LogP contribution >= 0.6 is 24.8 Å². The molecule has 0 atom stereocenters. The number of nitrogens with zero attached hydrogens (tertiary/aromatic N) is 3. The highest BCUT2D eigenvalue weighted by molar-refractivity contribution is 5.85. The molecule has 1 aromatic heterocycles. The van der Waals surface area contributed by atoms with Crippen LogP contribution in [-0.4, -0.2) is 33.8 Å². The maximum atomic E-state index is 12.3. The van der Waals surface area contributed by atoms with Gasteiger partial charge in [0.15, 0.2) is 0 Å². The van der Waals surface area contributed by atoms with Gasteiger partial charge in [-0.2, -0.15) is 0 Å². The van der Waals surface area contributed by atoms with E-state index in [0.29, 0.717) is 19.0 Å². The molecule has 0 spiro atoms. The quantitative estimate of drug-likeness (QED) is 0.748. The molecule has 1 aliphatic carbocycles. The van der Waals surface area contributed by atoms with Gasteiger partial charge in [0.1, 0.15) is 12.2 Å². The van der Waals surface area contributed by atoms with Crippen molar-refractivity contribution in [2.75, 3.05) is 13.1 Å². The Labute approximate surface area is 144 Å². The molecule has 22 heavy (non-hydrogen) atoms. The zero-order valence-corrected chi connectivity index (χ0v) is 14.9. The minimum absolute atomic E-state index is 0. The number of aromatic nitrogens is 3. The summed E-state index contributed by atoms with van der Waals surface area (Å²) >= 11 is 0. The highest BCUT2D eigenvalue weighted by Crippen LogP contribution is 2.38. The van der Waals surface area contributed by atoms with E-state index < -0.39 is 5.41 Å². The fourth-order valence-corrected chi connectivity index (χ4v) is 2.52. The Balaban J connectivity index is 0.00000220. The Bertz CT molecular complexity index is 450. The van der Waals surface area contributed by atoms with Gasteiger partial charge < -0.3 is 15.6 Å². The van der Waals surface area contributed by atoms with Crippen molar-refractivity contribution in [1.29, 1.82) is 0 Å². The number of carbonyl (C=O) groups excluding carboxylic acids is 1. The molecule has 128 valence electrons. The molecule has 1 fully saturated rings. The van der Waals surface area contributed by atoms with Crippen molar-refractivity contribution in [3.05, 3.63) is 12.2 Å². The van der Waals surface area contributed by atoms with E-state index in [1.54, 1.807) is 6.33 Å². The zero-order valence-electron chi connectivity index (χ0n) is 13.2. The van der Waals surface area contributed by atoms with Gasteiger partial charge in [0.05, 0.1) is 5.41 Å². The zero-order chi connectivity index (χ0) is 14.6. The normalized spacial score (nSPS) is 14.0. The Hall–Kier alpha value is -0.850. The number of carbonyl (C=O) groups is 1. The van der Waals surface area contributed by atoms with Crippen molar-refractivity contribution in [1.82, 2.24) is 20.1 Å². The Kier molecular flexibility index (Phi) is 8.96. The standard InChI is InChI=1S/C14H25N5O.2ClH/c1-3-14(4-2,9-15)13(20)16-7-8-19-10-17-18-12(19)11-5-6-11;;/h10-11H,3-9,15H2,1-2H3,(H,16,20);2*1H. The first-order valence-corrected chi connectivity index (χ1v) is 7.53. The lowest BCUT2D eigenvalue weighted by Gasteiger charge is -2.28. The van der Waals surface area contributed by atoms with Crippen LogP contribution in [0.3, 0.4) is 0 Å². The summed E-state index contributed by atoms with van der Waals surface area (Å²) in [7, 11) is 0. The summed E-state index contributed by atoms with van der Waals surface area (Å²) in [5.41, 5.74) is 5.36. The second-order valence-corrected chi connectivity index (χ2v) is 5.60. The van der Waals surface area contributed by atoms with Gasteiger partial charge in [-0.15, -0.1) is 35.0 Å². The first-order chi connectivity index (χ1) is 9.66. The Morgan fingerprint density at radius 2 is 2.05 bits per heavy atom. The molecule has 1 aromatic rings. The molecule has 2 rings (SSSR count). The summed E-state index contributed by atoms with van der Waals surface area (Å²) in [5.74, 6) is 1.68. The van der Waals surface area contributed by atoms with Gasteiger partial charge >= 0.3 is 0 Å². The van der Waals surface area contributed by atoms with Gasteiger partial charge in [-0.05, 0) is 25.7 Å². The molecule has 0 unspecified atom stereocenters. The number of halogens is 2. The van der Waals surface area contributed by atoms with Crippen LogP contribution in [0.15, 0.2) is 6.33 Å². The lowest BCUT2D eigenvalue weighted by atomic mass is 9.81. The Morgan fingerprint density at radius 1 is 1.41 bits per heavy atom. The number of hydrogen-bond acceptors (Lipinski definition) is 4. The second-order valence-electron chi connectivity index (χ2n) is 5.60. The number of rotatable bonds is 8. The molecule has 0 saturated heterocycles. The average molecular weight is 352 g/mol. The van der Waals surface area contributed by atoms with E-state index in [9.17, 15) is 4.79 Å². The molecule has 1 heterocycles. The molecule has 0 radical (unpaired) electrons. The summed E-state index contributed by atoms with van der Waals surface area (Å²) in [6.07, 6.45) is 5.69. The van der Waals surface area contributed by atoms with Crippen molar-refractivity contribution in [2.45, 2.75) is 52.0 Å². The van der Waals surface area contributed by atoms with Crippen molar-refractivity contribution in [3.8, 4) is 0 Å². The third kappa shape index (κ3) is 4.57. The summed E-state index contributed by atoms with van der Waals surface area (Å²) in [6.45, 7) is 5.74. The van der Waals surface area contributed by atoms with E-state index >= 15 is 0 Å². The summed E-state index contributed by atoms with van der Waals surface area (Å²) in [6, 6.07) is 0. The molecule has 0 aliphatic heterocycles. The first kappa shape index (κ1) is 21.1. The predicted molar refractivity (Wildman–Crippen MR) is 91.6 cm³/mol. The van der Waals surface area contributed by atoms with Crippen LogP contribution in [0.5, 0.6) is 0 Å². The summed E-state index contributed by atoms with van der Waals surface area (Å²) in [4.78, 5) is 12.3. The summed E-state index contributed by atoms with van der Waals surface area (Å²) < 4.78 is 2.04. The minimum Gasteiger partial charge on any atom is -0.354 e. The number of hydrogen-bond donors (Lipinski definition) is 2. The molecule has 1 amide bonds. The van der Waals surface area contributed by atoms with Crippen LogP contribution < -0.4 is 11.1 Å². The molecule has 6 nitrogen and oxygen atoms in total. The lowest BCUT2D eigenvalue weighted by molar-refractivity contribution is -0.131. The van der Waals surface area contributed by atoms with E-state index in [4.69, 9.17) is 5.73 Å². The van der Waals surface area contributed by atoms with Gasteiger partial charge in [0, 0.05) is 25.6 Å². The molecule has 0 aromatic carbocycles. The van der Waals surface area contributed by atoms with E-state index in [1.165, 1.54) is 12.8 Å². The van der Waals surface area contributed by atoms with E-state index in [2.05, 4.69) is 15.5 Å². The van der Waals surface area contributed by atoms with Gasteiger partial charge in [0.25, 0.3) is 0 Å². The maximum Gasteiger partial charge on any atom is 0.227 e. The molecular weight excluding hydrogens is 325 g/mol. The highest BCUT2D eigenvalue weighted by atomic mass is 35.5. The second kappa shape index (κ2) is 9.33. The fourth-order valence-electron chi connectivity index (χ4n) is 2.52. The number of nitrogens with one attached hydrogen (secondary N) is 1. The lowest BCUT2D eigenvalue weighted by Crippen LogP contribution is -2.46. The molecule has 8 heteroatoms. The predicted octanol–water partition coefficient (Wildman–Crippen LogP) is 1.88. The van der Waals surface area contributed by atoms with Crippen LogP contribution in [0.25, 0.3) is 0 Å². The third-order valence-corrected chi connectivity index (χ3v) is 4.45. The van der Waals surface area contributed by atoms with Gasteiger partial charge in [-0.25, -0.2) is 0 Å². The van der Waals surface area contributed by atoms with Crippen LogP contribution in [0, 0.1) is 5.41 Å². The molecular formula is C14H27Cl2N5O. The molecule has 0 bridgehead atoms. The summed E-state index contributed by atoms with van der Waals surface area (Å²) in [5, 5.41) is 11.1. The SMILES string of the molecule is CCC(CC)(CN)C(=O)NCCn1cnnc1C1CC1.Cl.Cl. The minimum atomic E-state index is -0.424. The van der Waals surface area contributed by atoms with Crippen molar-refractivity contribution in [3.63, 3.8) is 0 Å². The first-order valence-electron chi connectivity index (χ1n) is 7.53. The topological polar surface area (TPSA) is 85.8 Å². The van der Waals surface area contributed by atoms with E-state index in [-0.39, 0.29) is 30.7 Å². The number of nitrogens with two attached hydrogens (primary N) is 1. The smallest absolute Gasteiger partial charge is 0.227 e. The van der Waals surface area contributed by atoms with Gasteiger partial charge in [-0.3, -0.25) is 4.79 Å². The van der Waals surface area contributed by atoms with Gasteiger partial charge in [-0.1, -0.05) is 13.8 Å². The average Bonchev–Trinajstić information content (AvgIpc) is 3.21. The Morgan fingerprint density at radius 3 is 2.55 bits per heavy atom. The van der Waals surface area contributed by atoms with E-state index in [1.807, 2.05) is 18.4 Å². The monoisotopic (exact) mass is 351 g/mol. The van der Waals surface area contributed by atoms with Crippen LogP contribution in [-0.2, 0) is 11.3 Å². The maximum absolute atomic E-state index is 12.3. The highest BCUT2D eigenvalue weighted by Gasteiger charge is 2.33. The van der Waals surface area contributed by atoms with Crippen LogP contribution in [0.4, 0.5) is 0 Å². The van der Waals surface area contributed by atoms with Gasteiger partial charge in [0.2, 0.25) is 5.91 Å². The number of amides is 1. The van der Waals surface area contributed by atoms with E-state index in [0.717, 1.165) is 25.2 Å². The van der Waals surface area contributed by atoms with Crippen molar-refractivity contribution < 1.29 is 4.79 Å². The fraction of sp³-hybridized carbons (Fsp3) is 0.786. The molecule has 1 aliphatic rings. The molecule has 1 saturated carbocycles. The third-order valence-electron chi connectivity index (χ3n) is 4.45. The molecule has 3 N–H and O–H groups in total. The largest absolute Gasteiger partial charge is 0.354 e. The van der Waals surface area contributed by atoms with Crippen molar-refractivity contribution in [2.24, 2.45) is 11.1 Å². The van der Waals surface area contributed by atoms with Crippen LogP contribution in [0.1, 0.15) is 51.3 Å². The van der Waals surface area contributed by atoms with Crippen LogP contribution in [0.2, 0.25) is 0 Å². The van der Waals surface area contributed by atoms with Crippen molar-refractivity contribution >= 4 is 30.7 Å².